The maximum atomic E-state index is 5.71. The van der Waals surface area contributed by atoms with E-state index in [1.807, 2.05) is 0 Å². The molecule has 0 aliphatic carbocycles. The molecule has 0 aliphatic rings. The van der Waals surface area contributed by atoms with E-state index in [4.69, 9.17) is 42.3 Å². The van der Waals surface area contributed by atoms with Crippen LogP contribution in [0.4, 0.5) is 0 Å². The van der Waals surface area contributed by atoms with Gasteiger partial charge in [-0.05, 0) is 26.1 Å². The van der Waals surface area contributed by atoms with Crippen LogP contribution in [0, 0.1) is 0 Å². The van der Waals surface area contributed by atoms with Gasteiger partial charge in [-0.1, -0.05) is 26.2 Å². The fourth-order valence-electron chi connectivity index (χ4n) is 2.68. The standard InChI is InChI=1S/C25H54O9Si/c1-5-6-7-8-9-26-10-11-27-12-13-28-14-15-29-16-17-30-18-19-31-20-21-32-22-23-33-24-25-34-35(2,3)4/h5-25H2,1-4H3. The molecule has 35 heavy (non-hydrogen) atoms. The van der Waals surface area contributed by atoms with Crippen LogP contribution < -0.4 is 0 Å². The molecule has 9 nitrogen and oxygen atoms in total. The summed E-state index contributed by atoms with van der Waals surface area (Å²) in [4.78, 5) is 0. The van der Waals surface area contributed by atoms with Gasteiger partial charge >= 0.3 is 0 Å². The first-order valence-electron chi connectivity index (χ1n) is 13.3. The average molecular weight is 527 g/mol. The number of ether oxygens (including phenoxy) is 8. The zero-order valence-electron chi connectivity index (χ0n) is 23.0. The second kappa shape index (κ2) is 28.4. The highest BCUT2D eigenvalue weighted by atomic mass is 28.4. The summed E-state index contributed by atoms with van der Waals surface area (Å²) in [7, 11) is -1.44. The molecule has 0 bridgehead atoms. The summed E-state index contributed by atoms with van der Waals surface area (Å²) in [5.74, 6) is 0. The van der Waals surface area contributed by atoms with Gasteiger partial charge in [0.2, 0.25) is 0 Å². The zero-order valence-corrected chi connectivity index (χ0v) is 24.0. The normalized spacial score (nSPS) is 12.0. The van der Waals surface area contributed by atoms with Gasteiger partial charge in [-0.25, -0.2) is 0 Å². The number of rotatable bonds is 30. The summed E-state index contributed by atoms with van der Waals surface area (Å²) in [6.07, 6.45) is 4.92. The smallest absolute Gasteiger partial charge is 0.183 e. The van der Waals surface area contributed by atoms with Gasteiger partial charge in [0.05, 0.1) is 106 Å². The monoisotopic (exact) mass is 526 g/mol. The summed E-state index contributed by atoms with van der Waals surface area (Å²) in [6, 6.07) is 0. The van der Waals surface area contributed by atoms with Crippen LogP contribution in [0.3, 0.4) is 0 Å². The third-order valence-corrected chi connectivity index (χ3v) is 5.58. The fraction of sp³-hybridized carbons (Fsp3) is 1.00. The molecule has 0 aliphatic heterocycles. The third-order valence-electron chi connectivity index (χ3n) is 4.51. The number of hydrogen-bond donors (Lipinski definition) is 0. The van der Waals surface area contributed by atoms with Crippen LogP contribution in [0.5, 0.6) is 0 Å². The average Bonchev–Trinajstić information content (AvgIpc) is 2.82. The Morgan fingerprint density at radius 1 is 0.343 bits per heavy atom. The molecule has 0 spiro atoms. The van der Waals surface area contributed by atoms with Crippen molar-refractivity contribution < 1.29 is 42.3 Å². The maximum absolute atomic E-state index is 5.71. The lowest BCUT2D eigenvalue weighted by molar-refractivity contribution is -0.0237. The highest BCUT2D eigenvalue weighted by Crippen LogP contribution is 2.01. The molecule has 0 amide bonds. The van der Waals surface area contributed by atoms with Crippen molar-refractivity contribution in [2.45, 2.75) is 52.2 Å². The Hall–Kier alpha value is -0.143. The topological polar surface area (TPSA) is 83.1 Å². The molecule has 0 fully saturated rings. The van der Waals surface area contributed by atoms with E-state index in [0.717, 1.165) is 13.0 Å². The first-order valence-corrected chi connectivity index (χ1v) is 16.7. The lowest BCUT2D eigenvalue weighted by Crippen LogP contribution is -2.27. The van der Waals surface area contributed by atoms with Crippen molar-refractivity contribution in [2.24, 2.45) is 0 Å². The lowest BCUT2D eigenvalue weighted by atomic mass is 10.2. The van der Waals surface area contributed by atoms with Gasteiger partial charge < -0.3 is 42.3 Å². The molecule has 0 unspecified atom stereocenters. The molecule has 0 radical (unpaired) electrons. The minimum atomic E-state index is -1.44. The van der Waals surface area contributed by atoms with Crippen molar-refractivity contribution in [3.63, 3.8) is 0 Å². The van der Waals surface area contributed by atoms with Crippen molar-refractivity contribution in [3.8, 4) is 0 Å². The quantitative estimate of drug-likeness (QED) is 0.103. The van der Waals surface area contributed by atoms with Gasteiger partial charge in [0.25, 0.3) is 0 Å². The van der Waals surface area contributed by atoms with Crippen LogP contribution in [-0.2, 0) is 42.3 Å². The van der Waals surface area contributed by atoms with Crippen molar-refractivity contribution in [3.05, 3.63) is 0 Å². The van der Waals surface area contributed by atoms with Crippen LogP contribution in [-0.4, -0.2) is 121 Å². The molecule has 0 saturated heterocycles. The highest BCUT2D eigenvalue weighted by Gasteiger charge is 2.12. The van der Waals surface area contributed by atoms with Gasteiger partial charge in [0.15, 0.2) is 8.32 Å². The maximum Gasteiger partial charge on any atom is 0.183 e. The predicted octanol–water partition coefficient (Wildman–Crippen LogP) is 3.55. The Kier molecular flexibility index (Phi) is 28.3. The van der Waals surface area contributed by atoms with Gasteiger partial charge in [-0.2, -0.15) is 0 Å². The molecule has 212 valence electrons. The summed E-state index contributed by atoms with van der Waals surface area (Å²) >= 11 is 0. The van der Waals surface area contributed by atoms with Gasteiger partial charge in [-0.15, -0.1) is 0 Å². The first kappa shape index (κ1) is 34.9. The lowest BCUT2D eigenvalue weighted by Gasteiger charge is -2.16. The number of hydrogen-bond acceptors (Lipinski definition) is 9. The molecule has 10 heteroatoms. The van der Waals surface area contributed by atoms with Crippen LogP contribution in [0.15, 0.2) is 0 Å². The van der Waals surface area contributed by atoms with E-state index in [9.17, 15) is 0 Å². The molecule has 0 saturated carbocycles. The van der Waals surface area contributed by atoms with E-state index in [-0.39, 0.29) is 0 Å². The Morgan fingerprint density at radius 2 is 0.629 bits per heavy atom. The molecule has 0 aromatic rings. The van der Waals surface area contributed by atoms with E-state index in [1.165, 1.54) is 19.3 Å². The summed E-state index contributed by atoms with van der Waals surface area (Å²) in [5, 5.41) is 0. The van der Waals surface area contributed by atoms with E-state index in [1.54, 1.807) is 0 Å². The van der Waals surface area contributed by atoms with Crippen LogP contribution in [0.2, 0.25) is 19.6 Å². The third kappa shape index (κ3) is 33.9. The van der Waals surface area contributed by atoms with E-state index >= 15 is 0 Å². The Bertz CT molecular complexity index is 398. The Labute approximate surface area is 215 Å². The summed E-state index contributed by atoms with van der Waals surface area (Å²) in [5.41, 5.74) is 0. The SMILES string of the molecule is CCCCCCOCCOCCOCCOCCOCCOCCOCCOCCO[Si](C)(C)C. The van der Waals surface area contributed by atoms with Gasteiger partial charge in [0.1, 0.15) is 0 Å². The molecule has 0 aromatic heterocycles. The molecule has 0 atom stereocenters. The Morgan fingerprint density at radius 3 is 0.914 bits per heavy atom. The number of unbranched alkanes of at least 4 members (excludes halogenated alkanes) is 3. The van der Waals surface area contributed by atoms with Gasteiger partial charge in [0, 0.05) is 6.61 Å². The molecule has 0 N–H and O–H groups in total. The van der Waals surface area contributed by atoms with Crippen molar-refractivity contribution in [2.75, 3.05) is 112 Å². The zero-order chi connectivity index (χ0) is 25.7. The van der Waals surface area contributed by atoms with Gasteiger partial charge in [-0.3, -0.25) is 0 Å². The molecule has 0 aromatic carbocycles. The van der Waals surface area contributed by atoms with E-state index < -0.39 is 8.32 Å². The summed E-state index contributed by atoms with van der Waals surface area (Å²) < 4.78 is 49.5. The molecular formula is C25H54O9Si. The Balaban J connectivity index is 3.03. The first-order chi connectivity index (χ1) is 17.1. The second-order valence-corrected chi connectivity index (χ2v) is 13.4. The second-order valence-electron chi connectivity index (χ2n) is 8.92. The van der Waals surface area contributed by atoms with Crippen molar-refractivity contribution >= 4 is 8.32 Å². The van der Waals surface area contributed by atoms with E-state index in [0.29, 0.717) is 106 Å². The van der Waals surface area contributed by atoms with E-state index in [2.05, 4.69) is 26.6 Å². The minimum Gasteiger partial charge on any atom is -0.415 e. The molecule has 0 heterocycles. The van der Waals surface area contributed by atoms with Crippen LogP contribution in [0.1, 0.15) is 32.6 Å². The molecular weight excluding hydrogens is 472 g/mol. The predicted molar refractivity (Wildman–Crippen MR) is 140 cm³/mol. The highest BCUT2D eigenvalue weighted by molar-refractivity contribution is 6.69. The van der Waals surface area contributed by atoms with Crippen LogP contribution >= 0.6 is 0 Å². The van der Waals surface area contributed by atoms with Crippen molar-refractivity contribution in [1.82, 2.24) is 0 Å². The largest absolute Gasteiger partial charge is 0.415 e. The van der Waals surface area contributed by atoms with Crippen LogP contribution in [0.25, 0.3) is 0 Å². The van der Waals surface area contributed by atoms with Crippen molar-refractivity contribution in [1.29, 1.82) is 0 Å². The minimum absolute atomic E-state index is 0.542. The summed E-state index contributed by atoms with van der Waals surface area (Å²) in [6.45, 7) is 18.7. The fourth-order valence-corrected chi connectivity index (χ4v) is 3.37. The molecule has 0 rings (SSSR count).